The van der Waals surface area contributed by atoms with E-state index in [4.69, 9.17) is 18.9 Å². The minimum absolute atomic E-state index is 0.250. The van der Waals surface area contributed by atoms with Crippen LogP contribution in [0.25, 0.3) is 0 Å². The second-order valence-corrected chi connectivity index (χ2v) is 5.72. The second-order valence-electron chi connectivity index (χ2n) is 5.72. The zero-order chi connectivity index (χ0) is 15.6. The van der Waals surface area contributed by atoms with E-state index < -0.39 is 42.4 Å². The maximum Gasteiger partial charge on any atom is 0.164 e. The molecular weight excluding hydrogens is 276 g/mol. The van der Waals surface area contributed by atoms with Crippen LogP contribution >= 0.6 is 0 Å². The molecule has 6 atom stereocenters. The molecule has 0 amide bonds. The molecule has 0 aromatic carbocycles. The number of hydrogen-bond donors (Lipinski definition) is 2. The van der Waals surface area contributed by atoms with E-state index in [0.717, 1.165) is 0 Å². The zero-order valence-corrected chi connectivity index (χ0v) is 12.5. The fourth-order valence-electron chi connectivity index (χ4n) is 2.85. The second kappa shape index (κ2) is 6.56. The Morgan fingerprint density at radius 1 is 0.952 bits per heavy atom. The van der Waals surface area contributed by atoms with Crippen molar-refractivity contribution in [2.24, 2.45) is 0 Å². The number of rotatable bonds is 6. The minimum atomic E-state index is -1.13. The lowest BCUT2D eigenvalue weighted by Gasteiger charge is -2.42. The van der Waals surface area contributed by atoms with Crippen molar-refractivity contribution in [1.29, 1.82) is 0 Å². The summed E-state index contributed by atoms with van der Waals surface area (Å²) in [5.41, 5.74) is 0. The standard InChI is InChI=1S/C15H24O6/c1-5-7-18-11-9(16)10(17)12(19-8-6-2)14-13(11)20-15(3,4)21-14/h5-6,9-14,16-17H,1-2,7-8H2,3-4H3/t9-,10-,11+,12+,13-,14+/m0/s1. The SMILES string of the molecule is C=CCO[C@@H]1[C@@H](O)[C@H](O)[C@@H](OCC=C)[C@H]2OC(C)(C)O[C@H]21. The van der Waals surface area contributed by atoms with E-state index in [1.807, 2.05) is 0 Å². The summed E-state index contributed by atoms with van der Waals surface area (Å²) in [6, 6.07) is 0. The third kappa shape index (κ3) is 3.36. The number of fused-ring (bicyclic) bond motifs is 1. The van der Waals surface area contributed by atoms with Gasteiger partial charge in [0, 0.05) is 0 Å². The first-order valence-electron chi connectivity index (χ1n) is 7.08. The van der Waals surface area contributed by atoms with Gasteiger partial charge in [-0.05, 0) is 13.8 Å². The Kier molecular flexibility index (Phi) is 5.19. The van der Waals surface area contributed by atoms with Gasteiger partial charge < -0.3 is 29.2 Å². The van der Waals surface area contributed by atoms with E-state index in [-0.39, 0.29) is 13.2 Å². The summed E-state index contributed by atoms with van der Waals surface area (Å²) in [6.07, 6.45) is -1.54. The molecule has 1 heterocycles. The van der Waals surface area contributed by atoms with Crippen LogP contribution in [0.3, 0.4) is 0 Å². The average Bonchev–Trinajstić information content (AvgIpc) is 2.74. The number of aliphatic hydroxyl groups excluding tert-OH is 2. The first kappa shape index (κ1) is 16.6. The summed E-state index contributed by atoms with van der Waals surface area (Å²) in [5, 5.41) is 20.6. The molecule has 6 nitrogen and oxygen atoms in total. The first-order chi connectivity index (χ1) is 9.91. The Balaban J connectivity index is 2.21. The lowest BCUT2D eigenvalue weighted by molar-refractivity contribution is -0.214. The number of hydrogen-bond acceptors (Lipinski definition) is 6. The first-order valence-corrected chi connectivity index (χ1v) is 7.08. The van der Waals surface area contributed by atoms with Crippen molar-refractivity contribution in [3.63, 3.8) is 0 Å². The molecule has 1 aliphatic carbocycles. The Morgan fingerprint density at radius 2 is 1.33 bits per heavy atom. The molecule has 1 saturated carbocycles. The lowest BCUT2D eigenvalue weighted by Crippen LogP contribution is -2.64. The van der Waals surface area contributed by atoms with Crippen LogP contribution in [0.4, 0.5) is 0 Å². The molecule has 2 aliphatic rings. The van der Waals surface area contributed by atoms with Crippen molar-refractivity contribution in [3.05, 3.63) is 25.3 Å². The van der Waals surface area contributed by atoms with E-state index >= 15 is 0 Å². The van der Waals surface area contributed by atoms with Crippen molar-refractivity contribution < 1.29 is 29.2 Å². The Hall–Kier alpha value is -0.760. The van der Waals surface area contributed by atoms with Crippen LogP contribution in [0.2, 0.25) is 0 Å². The highest BCUT2D eigenvalue weighted by Gasteiger charge is 2.58. The number of aliphatic hydroxyl groups is 2. The van der Waals surface area contributed by atoms with Crippen LogP contribution in [0.15, 0.2) is 25.3 Å². The highest BCUT2D eigenvalue weighted by atomic mass is 16.8. The van der Waals surface area contributed by atoms with Gasteiger partial charge in [0.25, 0.3) is 0 Å². The predicted molar refractivity (Wildman–Crippen MR) is 75.7 cm³/mol. The maximum atomic E-state index is 10.3. The normalized spacial score (nSPS) is 41.5. The molecule has 0 aromatic rings. The molecule has 120 valence electrons. The van der Waals surface area contributed by atoms with Crippen LogP contribution in [0.1, 0.15) is 13.8 Å². The molecular formula is C15H24O6. The van der Waals surface area contributed by atoms with Crippen molar-refractivity contribution in [2.75, 3.05) is 13.2 Å². The third-order valence-electron chi connectivity index (χ3n) is 3.65. The fraction of sp³-hybridized carbons (Fsp3) is 0.733. The van der Waals surface area contributed by atoms with Crippen molar-refractivity contribution in [3.8, 4) is 0 Å². The van der Waals surface area contributed by atoms with Gasteiger partial charge in [-0.15, -0.1) is 13.2 Å². The molecule has 2 rings (SSSR count). The van der Waals surface area contributed by atoms with E-state index in [1.54, 1.807) is 26.0 Å². The van der Waals surface area contributed by atoms with E-state index in [0.29, 0.717) is 0 Å². The van der Waals surface area contributed by atoms with Gasteiger partial charge in [-0.1, -0.05) is 12.2 Å². The molecule has 6 heteroatoms. The van der Waals surface area contributed by atoms with Crippen LogP contribution in [0, 0.1) is 0 Å². The summed E-state index contributed by atoms with van der Waals surface area (Å²) < 4.78 is 22.8. The highest BCUT2D eigenvalue weighted by molar-refractivity contribution is 5.05. The maximum absolute atomic E-state index is 10.3. The van der Waals surface area contributed by atoms with Crippen molar-refractivity contribution in [1.82, 2.24) is 0 Å². The quantitative estimate of drug-likeness (QED) is 0.691. The third-order valence-corrected chi connectivity index (χ3v) is 3.65. The molecule has 2 fully saturated rings. The van der Waals surface area contributed by atoms with E-state index in [1.165, 1.54) is 0 Å². The van der Waals surface area contributed by atoms with Crippen LogP contribution < -0.4 is 0 Å². The van der Waals surface area contributed by atoms with Gasteiger partial charge in [-0.25, -0.2) is 0 Å². The van der Waals surface area contributed by atoms with Gasteiger partial charge >= 0.3 is 0 Å². The molecule has 2 N–H and O–H groups in total. The summed E-state index contributed by atoms with van der Waals surface area (Å²) in [7, 11) is 0. The topological polar surface area (TPSA) is 77.4 Å². The molecule has 0 radical (unpaired) electrons. The monoisotopic (exact) mass is 300 g/mol. The van der Waals surface area contributed by atoms with Crippen LogP contribution in [0.5, 0.6) is 0 Å². The fourth-order valence-corrected chi connectivity index (χ4v) is 2.85. The molecule has 0 bridgehead atoms. The zero-order valence-electron chi connectivity index (χ0n) is 12.5. The van der Waals surface area contributed by atoms with E-state index in [2.05, 4.69) is 13.2 Å². The Bertz CT molecular complexity index is 348. The summed E-state index contributed by atoms with van der Waals surface area (Å²) >= 11 is 0. The van der Waals surface area contributed by atoms with Gasteiger partial charge in [0.1, 0.15) is 36.6 Å². The predicted octanol–water partition coefficient (Wildman–Crippen LogP) is 0.384. The molecule has 0 aromatic heterocycles. The number of ether oxygens (including phenoxy) is 4. The smallest absolute Gasteiger partial charge is 0.164 e. The Labute approximate surface area is 125 Å². The van der Waals surface area contributed by atoms with Gasteiger partial charge in [0.15, 0.2) is 5.79 Å². The summed E-state index contributed by atoms with van der Waals surface area (Å²) in [6.45, 7) is 11.2. The molecule has 1 saturated heterocycles. The molecule has 0 spiro atoms. The van der Waals surface area contributed by atoms with Gasteiger partial charge in [0.2, 0.25) is 0 Å². The van der Waals surface area contributed by atoms with Crippen molar-refractivity contribution in [2.45, 2.75) is 56.3 Å². The highest BCUT2D eigenvalue weighted by Crippen LogP contribution is 2.39. The van der Waals surface area contributed by atoms with Crippen LogP contribution in [-0.2, 0) is 18.9 Å². The van der Waals surface area contributed by atoms with Crippen LogP contribution in [-0.4, -0.2) is 65.8 Å². The molecule has 1 aliphatic heterocycles. The summed E-state index contributed by atoms with van der Waals surface area (Å²) in [5.74, 6) is -0.829. The minimum Gasteiger partial charge on any atom is -0.387 e. The van der Waals surface area contributed by atoms with Crippen molar-refractivity contribution >= 4 is 0 Å². The molecule has 21 heavy (non-hydrogen) atoms. The van der Waals surface area contributed by atoms with E-state index in [9.17, 15) is 10.2 Å². The average molecular weight is 300 g/mol. The van der Waals surface area contributed by atoms with Gasteiger partial charge in [0.05, 0.1) is 13.2 Å². The molecule has 0 unspecified atom stereocenters. The Morgan fingerprint density at radius 3 is 1.67 bits per heavy atom. The lowest BCUT2D eigenvalue weighted by atomic mass is 9.84. The summed E-state index contributed by atoms with van der Waals surface area (Å²) in [4.78, 5) is 0. The van der Waals surface area contributed by atoms with Gasteiger partial charge in [-0.3, -0.25) is 0 Å². The largest absolute Gasteiger partial charge is 0.387 e. The van der Waals surface area contributed by atoms with Gasteiger partial charge in [-0.2, -0.15) is 0 Å².